The number of halogens is 3. The minimum atomic E-state index is 0. The van der Waals surface area contributed by atoms with Gasteiger partial charge in [0.15, 0.2) is 0 Å². The van der Waals surface area contributed by atoms with E-state index < -0.39 is 0 Å². The summed E-state index contributed by atoms with van der Waals surface area (Å²) in [6, 6.07) is 7.84. The summed E-state index contributed by atoms with van der Waals surface area (Å²) in [6.45, 7) is 4.05. The van der Waals surface area contributed by atoms with E-state index in [0.29, 0.717) is 10.0 Å². The molecule has 2 heterocycles. The fraction of sp³-hybridized carbons (Fsp3) is 0.154. The molecule has 0 N–H and O–H groups in total. The van der Waals surface area contributed by atoms with Crippen molar-refractivity contribution in [1.29, 1.82) is 0 Å². The fourth-order valence-electron chi connectivity index (χ4n) is 2.22. The van der Waals surface area contributed by atoms with Crippen molar-refractivity contribution in [2.75, 3.05) is 0 Å². The molecule has 0 spiro atoms. The van der Waals surface area contributed by atoms with Gasteiger partial charge >= 0.3 is 0 Å². The van der Waals surface area contributed by atoms with Gasteiger partial charge in [0.1, 0.15) is 5.65 Å². The predicted molar refractivity (Wildman–Crippen MR) is 79.4 cm³/mol. The summed E-state index contributed by atoms with van der Waals surface area (Å²) in [4.78, 5) is 4.51. The van der Waals surface area contributed by atoms with Gasteiger partial charge in [-0.2, -0.15) is 0 Å². The van der Waals surface area contributed by atoms with E-state index >= 15 is 0 Å². The van der Waals surface area contributed by atoms with Crippen molar-refractivity contribution in [2.24, 2.45) is 0 Å². The molecule has 3 aromatic rings. The molecule has 0 atom stereocenters. The number of benzene rings is 1. The monoisotopic (exact) mass is 300 g/mol. The molecule has 0 radical (unpaired) electrons. The van der Waals surface area contributed by atoms with Crippen molar-refractivity contribution in [1.82, 2.24) is 9.38 Å². The highest BCUT2D eigenvalue weighted by Crippen LogP contribution is 2.30. The highest BCUT2D eigenvalue weighted by Gasteiger charge is 2.09. The molecule has 0 saturated carbocycles. The third kappa shape index (κ3) is 1.95. The summed E-state index contributed by atoms with van der Waals surface area (Å²) in [5.41, 5.74) is 4.12. The Morgan fingerprint density at radius 2 is 1.67 bits per heavy atom. The Bertz CT molecular complexity index is 747. The summed E-state index contributed by atoms with van der Waals surface area (Å²) in [6.07, 6.45) is 0. The molecule has 2 aromatic heterocycles. The maximum absolute atomic E-state index is 6.06. The van der Waals surface area contributed by atoms with E-state index in [0.717, 1.165) is 27.9 Å². The highest BCUT2D eigenvalue weighted by molar-refractivity contribution is 6.42. The minimum absolute atomic E-state index is 0. The van der Waals surface area contributed by atoms with Gasteiger partial charge in [-0.25, -0.2) is 4.98 Å². The van der Waals surface area contributed by atoms with Gasteiger partial charge < -0.3 is 0 Å². The molecule has 0 unspecified atom stereocenters. The average Bonchev–Trinajstić information content (AvgIpc) is 2.56. The number of aryl methyl sites for hydroxylation is 2. The van der Waals surface area contributed by atoms with Gasteiger partial charge in [0, 0.05) is 16.8 Å². The van der Waals surface area contributed by atoms with Crippen LogP contribution in [-0.4, -0.2) is 9.38 Å². The maximum Gasteiger partial charge on any atom is 0.138 e. The lowest BCUT2D eigenvalue weighted by atomic mass is 10.2. The first-order valence-electron chi connectivity index (χ1n) is 5.31. The highest BCUT2D eigenvalue weighted by atomic mass is 35.5. The molecule has 18 heavy (non-hydrogen) atoms. The predicted octanol–water partition coefficient (Wildman–Crippen LogP) is 4.83. The largest absolute Gasteiger partial charge is 0.298 e. The summed E-state index contributed by atoms with van der Waals surface area (Å²) in [7, 11) is 0. The first-order chi connectivity index (χ1) is 8.06. The van der Waals surface area contributed by atoms with Crippen molar-refractivity contribution >= 4 is 52.2 Å². The van der Waals surface area contributed by atoms with Crippen LogP contribution in [0.5, 0.6) is 0 Å². The molecule has 0 fully saturated rings. The molecule has 5 heteroatoms. The topological polar surface area (TPSA) is 17.3 Å². The lowest BCUT2D eigenvalue weighted by Gasteiger charge is -2.04. The Morgan fingerprint density at radius 1 is 1.00 bits per heavy atom. The molecule has 0 bridgehead atoms. The average molecular weight is 302 g/mol. The lowest BCUT2D eigenvalue weighted by molar-refractivity contribution is 1.05. The minimum Gasteiger partial charge on any atom is -0.298 e. The van der Waals surface area contributed by atoms with Crippen LogP contribution in [-0.2, 0) is 0 Å². The molecule has 0 saturated heterocycles. The maximum atomic E-state index is 6.06. The van der Waals surface area contributed by atoms with Crippen LogP contribution >= 0.6 is 35.6 Å². The van der Waals surface area contributed by atoms with Crippen LogP contribution in [0.25, 0.3) is 16.6 Å². The Labute approximate surface area is 121 Å². The number of fused-ring (bicyclic) bond motifs is 3. The zero-order valence-electron chi connectivity index (χ0n) is 9.87. The molecule has 94 valence electrons. The third-order valence-electron chi connectivity index (χ3n) is 2.89. The first kappa shape index (κ1) is 13.5. The Balaban J connectivity index is 0.00000120. The van der Waals surface area contributed by atoms with Gasteiger partial charge in [-0.1, -0.05) is 23.2 Å². The SMILES string of the molecule is Cc1cc(C)n2c(cc3cc(Cl)c(Cl)cc32)n1.Cl. The van der Waals surface area contributed by atoms with E-state index in [1.165, 1.54) is 0 Å². The van der Waals surface area contributed by atoms with Crippen LogP contribution in [0.15, 0.2) is 24.3 Å². The van der Waals surface area contributed by atoms with E-state index in [-0.39, 0.29) is 12.4 Å². The summed E-state index contributed by atoms with van der Waals surface area (Å²) in [5.74, 6) is 0. The Morgan fingerprint density at radius 3 is 2.39 bits per heavy atom. The second-order valence-corrected chi connectivity index (χ2v) is 5.02. The number of rotatable bonds is 0. The second kappa shape index (κ2) is 4.61. The van der Waals surface area contributed by atoms with Crippen LogP contribution < -0.4 is 0 Å². The molecule has 3 rings (SSSR count). The zero-order chi connectivity index (χ0) is 12.2. The second-order valence-electron chi connectivity index (χ2n) is 4.20. The van der Waals surface area contributed by atoms with Gasteiger partial charge in [-0.15, -0.1) is 12.4 Å². The van der Waals surface area contributed by atoms with Gasteiger partial charge in [-0.3, -0.25) is 4.40 Å². The first-order valence-corrected chi connectivity index (χ1v) is 6.06. The molecular weight excluding hydrogens is 291 g/mol. The smallest absolute Gasteiger partial charge is 0.138 e. The number of hydrogen-bond donors (Lipinski definition) is 0. The van der Waals surface area contributed by atoms with Gasteiger partial charge in [0.25, 0.3) is 0 Å². The standard InChI is InChI=1S/C13H10Cl2N2.ClH/c1-7-3-8(2)17-12-6-11(15)10(14)4-9(12)5-13(17)16-7;/h3-6H,1-2H3;1H. The molecular formula is C13H11Cl3N2. The normalized spacial score (nSPS) is 10.9. The van der Waals surface area contributed by atoms with Crippen LogP contribution in [0.4, 0.5) is 0 Å². The zero-order valence-corrected chi connectivity index (χ0v) is 12.2. The summed E-state index contributed by atoms with van der Waals surface area (Å²) in [5, 5.41) is 2.20. The van der Waals surface area contributed by atoms with E-state index in [2.05, 4.69) is 22.4 Å². The summed E-state index contributed by atoms with van der Waals surface area (Å²) < 4.78 is 2.09. The third-order valence-corrected chi connectivity index (χ3v) is 3.61. The number of hydrogen-bond acceptors (Lipinski definition) is 1. The molecule has 0 amide bonds. The van der Waals surface area contributed by atoms with Crippen LogP contribution in [0.1, 0.15) is 11.4 Å². The van der Waals surface area contributed by atoms with E-state index in [1.54, 1.807) is 0 Å². The van der Waals surface area contributed by atoms with Crippen molar-refractivity contribution in [3.8, 4) is 0 Å². The fourth-order valence-corrected chi connectivity index (χ4v) is 2.55. The molecule has 1 aromatic carbocycles. The molecule has 0 aliphatic carbocycles. The van der Waals surface area contributed by atoms with Gasteiger partial charge in [0.2, 0.25) is 0 Å². The molecule has 0 aliphatic rings. The summed E-state index contributed by atoms with van der Waals surface area (Å²) >= 11 is 12.1. The van der Waals surface area contributed by atoms with E-state index in [9.17, 15) is 0 Å². The quantitative estimate of drug-likeness (QED) is 0.581. The lowest BCUT2D eigenvalue weighted by Crippen LogP contribution is -1.94. The van der Waals surface area contributed by atoms with Gasteiger partial charge in [-0.05, 0) is 38.1 Å². The van der Waals surface area contributed by atoms with Crippen molar-refractivity contribution < 1.29 is 0 Å². The number of aromatic nitrogens is 2. The number of nitrogens with zero attached hydrogens (tertiary/aromatic N) is 2. The van der Waals surface area contributed by atoms with Crippen molar-refractivity contribution in [3.63, 3.8) is 0 Å². The van der Waals surface area contributed by atoms with E-state index in [4.69, 9.17) is 23.2 Å². The van der Waals surface area contributed by atoms with Crippen LogP contribution in [0, 0.1) is 13.8 Å². The van der Waals surface area contributed by atoms with Gasteiger partial charge in [0.05, 0.1) is 15.6 Å². The van der Waals surface area contributed by atoms with Crippen molar-refractivity contribution in [2.45, 2.75) is 13.8 Å². The van der Waals surface area contributed by atoms with Crippen LogP contribution in [0.2, 0.25) is 10.0 Å². The Kier molecular flexibility index (Phi) is 3.45. The molecule has 2 nitrogen and oxygen atoms in total. The molecule has 0 aliphatic heterocycles. The van der Waals surface area contributed by atoms with E-state index in [1.807, 2.05) is 25.1 Å². The van der Waals surface area contributed by atoms with Crippen molar-refractivity contribution in [3.05, 3.63) is 45.7 Å². The Hall–Kier alpha value is -0.960. The van der Waals surface area contributed by atoms with Crippen LogP contribution in [0.3, 0.4) is 0 Å².